The summed E-state index contributed by atoms with van der Waals surface area (Å²) in [5.74, 6) is -0.361. The zero-order valence-corrected chi connectivity index (χ0v) is 15.6. The summed E-state index contributed by atoms with van der Waals surface area (Å²) in [7, 11) is 3.04. The average Bonchev–Trinajstić information content (AvgIpc) is 2.72. The minimum atomic E-state index is -0.729. The number of nitriles is 1. The standard InChI is InChI=1S/C21H20N2O5/c1-26-10-11-28-21(25)17(14-22)12-15-4-3-5-18(13-15)23-20(24)16-6-8-19(27-2)9-7-16/h3-9,12-13H,10-11H2,1-2H3,(H,23,24)/b17-12+. The van der Waals surface area contributed by atoms with Gasteiger partial charge < -0.3 is 19.5 Å². The highest BCUT2D eigenvalue weighted by molar-refractivity contribution is 6.04. The maximum absolute atomic E-state index is 12.4. The molecule has 0 aliphatic carbocycles. The van der Waals surface area contributed by atoms with Gasteiger partial charge in [0.1, 0.15) is 24.0 Å². The number of esters is 1. The lowest BCUT2D eigenvalue weighted by Crippen LogP contribution is -2.12. The smallest absolute Gasteiger partial charge is 0.348 e. The number of ether oxygens (including phenoxy) is 3. The summed E-state index contributed by atoms with van der Waals surface area (Å²) >= 11 is 0. The van der Waals surface area contributed by atoms with Crippen LogP contribution in [0.1, 0.15) is 15.9 Å². The van der Waals surface area contributed by atoms with Gasteiger partial charge in [-0.05, 0) is 48.0 Å². The highest BCUT2D eigenvalue weighted by atomic mass is 16.6. The molecule has 0 radical (unpaired) electrons. The van der Waals surface area contributed by atoms with E-state index in [1.54, 1.807) is 55.6 Å². The lowest BCUT2D eigenvalue weighted by atomic mass is 10.1. The minimum Gasteiger partial charge on any atom is -0.497 e. The average molecular weight is 380 g/mol. The fourth-order valence-corrected chi connectivity index (χ4v) is 2.25. The molecule has 7 heteroatoms. The number of benzene rings is 2. The van der Waals surface area contributed by atoms with Gasteiger partial charge >= 0.3 is 5.97 Å². The first kappa shape index (κ1) is 20.7. The van der Waals surface area contributed by atoms with Gasteiger partial charge in [-0.25, -0.2) is 4.79 Å². The van der Waals surface area contributed by atoms with E-state index in [9.17, 15) is 14.9 Å². The molecule has 0 heterocycles. The van der Waals surface area contributed by atoms with Crippen molar-refractivity contribution in [2.75, 3.05) is 32.8 Å². The molecular formula is C21H20N2O5. The largest absolute Gasteiger partial charge is 0.497 e. The topological polar surface area (TPSA) is 97.6 Å². The second kappa shape index (κ2) is 10.5. The number of hydrogen-bond donors (Lipinski definition) is 1. The second-order valence-electron chi connectivity index (χ2n) is 5.61. The summed E-state index contributed by atoms with van der Waals surface area (Å²) in [6.45, 7) is 0.309. The monoisotopic (exact) mass is 380 g/mol. The number of carbonyl (C=O) groups is 2. The Kier molecular flexibility index (Phi) is 7.76. The summed E-state index contributed by atoms with van der Waals surface area (Å²) < 4.78 is 14.8. The van der Waals surface area contributed by atoms with Crippen LogP contribution < -0.4 is 10.1 Å². The van der Waals surface area contributed by atoms with E-state index in [2.05, 4.69) is 5.32 Å². The van der Waals surface area contributed by atoms with Crippen LogP contribution in [0.4, 0.5) is 5.69 Å². The van der Waals surface area contributed by atoms with Gasteiger partial charge in [0.25, 0.3) is 5.91 Å². The van der Waals surface area contributed by atoms with Gasteiger partial charge in [0.05, 0.1) is 13.7 Å². The van der Waals surface area contributed by atoms with Crippen LogP contribution in [0.15, 0.2) is 54.1 Å². The normalized spacial score (nSPS) is 10.7. The third kappa shape index (κ3) is 5.97. The first-order valence-corrected chi connectivity index (χ1v) is 8.40. The summed E-state index contributed by atoms with van der Waals surface area (Å²) in [5, 5.41) is 12.0. The third-order valence-corrected chi connectivity index (χ3v) is 3.67. The predicted molar refractivity (Wildman–Crippen MR) is 104 cm³/mol. The number of rotatable bonds is 8. The molecule has 0 bridgehead atoms. The molecule has 1 N–H and O–H groups in total. The molecule has 144 valence electrons. The Morgan fingerprint density at radius 1 is 1.11 bits per heavy atom. The van der Waals surface area contributed by atoms with Crippen LogP contribution in [-0.4, -0.2) is 39.3 Å². The molecule has 0 spiro atoms. The molecule has 0 saturated carbocycles. The molecule has 2 aromatic rings. The van der Waals surface area contributed by atoms with Crippen molar-refractivity contribution in [3.63, 3.8) is 0 Å². The number of nitrogens with one attached hydrogen (secondary N) is 1. The van der Waals surface area contributed by atoms with Crippen molar-refractivity contribution in [3.8, 4) is 11.8 Å². The fourth-order valence-electron chi connectivity index (χ4n) is 2.25. The molecular weight excluding hydrogens is 360 g/mol. The van der Waals surface area contributed by atoms with E-state index < -0.39 is 5.97 Å². The Labute approximate surface area is 163 Å². The molecule has 0 atom stereocenters. The van der Waals surface area contributed by atoms with Crippen LogP contribution in [0.25, 0.3) is 6.08 Å². The molecule has 0 fully saturated rings. The molecule has 2 aromatic carbocycles. The molecule has 0 aliphatic rings. The van der Waals surface area contributed by atoms with Gasteiger partial charge in [-0.1, -0.05) is 12.1 Å². The lowest BCUT2D eigenvalue weighted by molar-refractivity contribution is -0.139. The zero-order valence-electron chi connectivity index (χ0n) is 15.6. The predicted octanol–water partition coefficient (Wildman–Crippen LogP) is 3.04. The van der Waals surface area contributed by atoms with Crippen molar-refractivity contribution in [2.45, 2.75) is 0 Å². The number of methoxy groups -OCH3 is 2. The Balaban J connectivity index is 2.10. The van der Waals surface area contributed by atoms with Crippen molar-refractivity contribution < 1.29 is 23.8 Å². The van der Waals surface area contributed by atoms with E-state index in [4.69, 9.17) is 14.2 Å². The molecule has 1 amide bonds. The van der Waals surface area contributed by atoms with E-state index in [0.717, 1.165) is 0 Å². The molecule has 7 nitrogen and oxygen atoms in total. The quantitative estimate of drug-likeness (QED) is 0.327. The Bertz CT molecular complexity index is 898. The van der Waals surface area contributed by atoms with Crippen molar-refractivity contribution in [3.05, 3.63) is 65.2 Å². The van der Waals surface area contributed by atoms with E-state index in [-0.39, 0.29) is 24.7 Å². The highest BCUT2D eigenvalue weighted by Gasteiger charge is 2.11. The fraction of sp³-hybridized carbons (Fsp3) is 0.190. The molecule has 2 rings (SSSR count). The summed E-state index contributed by atoms with van der Waals surface area (Å²) in [4.78, 5) is 24.3. The first-order chi connectivity index (χ1) is 13.6. The van der Waals surface area contributed by atoms with E-state index in [1.807, 2.05) is 6.07 Å². The van der Waals surface area contributed by atoms with E-state index in [0.29, 0.717) is 22.6 Å². The SMILES string of the molecule is COCCOC(=O)/C(C#N)=C/c1cccc(NC(=O)c2ccc(OC)cc2)c1. The minimum absolute atomic E-state index is 0.0618. The van der Waals surface area contributed by atoms with Gasteiger partial charge in [0.2, 0.25) is 0 Å². The van der Waals surface area contributed by atoms with Crippen LogP contribution in [0.3, 0.4) is 0 Å². The Morgan fingerprint density at radius 3 is 2.50 bits per heavy atom. The van der Waals surface area contributed by atoms with Crippen molar-refractivity contribution in [1.29, 1.82) is 5.26 Å². The van der Waals surface area contributed by atoms with Crippen LogP contribution >= 0.6 is 0 Å². The van der Waals surface area contributed by atoms with Crippen molar-refractivity contribution in [1.82, 2.24) is 0 Å². The Morgan fingerprint density at radius 2 is 1.86 bits per heavy atom. The summed E-state index contributed by atoms with van der Waals surface area (Å²) in [6, 6.07) is 15.3. The van der Waals surface area contributed by atoms with Gasteiger partial charge in [0, 0.05) is 18.4 Å². The van der Waals surface area contributed by atoms with Crippen LogP contribution in [0.2, 0.25) is 0 Å². The summed E-state index contributed by atoms with van der Waals surface area (Å²) in [6.07, 6.45) is 1.40. The maximum Gasteiger partial charge on any atom is 0.348 e. The number of nitrogens with zero attached hydrogens (tertiary/aromatic N) is 1. The van der Waals surface area contributed by atoms with Gasteiger partial charge in [-0.3, -0.25) is 4.79 Å². The van der Waals surface area contributed by atoms with Crippen molar-refractivity contribution >= 4 is 23.6 Å². The van der Waals surface area contributed by atoms with Gasteiger partial charge in [-0.2, -0.15) is 5.26 Å². The number of carbonyl (C=O) groups excluding carboxylic acids is 2. The summed E-state index contributed by atoms with van der Waals surface area (Å²) in [5.41, 5.74) is 1.43. The molecule has 0 aliphatic heterocycles. The zero-order chi connectivity index (χ0) is 20.4. The molecule has 0 unspecified atom stereocenters. The van der Waals surface area contributed by atoms with Crippen LogP contribution in [0, 0.1) is 11.3 Å². The van der Waals surface area contributed by atoms with E-state index >= 15 is 0 Å². The van der Waals surface area contributed by atoms with Crippen LogP contribution in [0.5, 0.6) is 5.75 Å². The number of amides is 1. The molecule has 28 heavy (non-hydrogen) atoms. The van der Waals surface area contributed by atoms with E-state index in [1.165, 1.54) is 13.2 Å². The maximum atomic E-state index is 12.4. The third-order valence-electron chi connectivity index (χ3n) is 3.67. The molecule has 0 aromatic heterocycles. The van der Waals surface area contributed by atoms with Gasteiger partial charge in [0.15, 0.2) is 0 Å². The Hall–Kier alpha value is -3.63. The number of hydrogen-bond acceptors (Lipinski definition) is 6. The highest BCUT2D eigenvalue weighted by Crippen LogP contribution is 2.17. The lowest BCUT2D eigenvalue weighted by Gasteiger charge is -2.07. The first-order valence-electron chi connectivity index (χ1n) is 8.40. The van der Waals surface area contributed by atoms with Gasteiger partial charge in [-0.15, -0.1) is 0 Å². The second-order valence-corrected chi connectivity index (χ2v) is 5.61. The van der Waals surface area contributed by atoms with Crippen LogP contribution in [-0.2, 0) is 14.3 Å². The molecule has 0 saturated heterocycles. The number of anilines is 1. The van der Waals surface area contributed by atoms with Crippen molar-refractivity contribution in [2.24, 2.45) is 0 Å².